The Morgan fingerprint density at radius 1 is 1.14 bits per heavy atom. The van der Waals surface area contributed by atoms with E-state index in [-0.39, 0.29) is 17.7 Å². The summed E-state index contributed by atoms with van der Waals surface area (Å²) < 4.78 is 6.77. The van der Waals surface area contributed by atoms with Gasteiger partial charge in [-0.25, -0.2) is 4.98 Å². The molecule has 2 aromatic carbocycles. The van der Waals surface area contributed by atoms with Gasteiger partial charge in [0, 0.05) is 12.6 Å². The minimum absolute atomic E-state index is 0.0174. The monoisotopic (exact) mass is 410 g/mol. The van der Waals surface area contributed by atoms with Crippen molar-refractivity contribution in [2.45, 2.75) is 18.2 Å². The van der Waals surface area contributed by atoms with Gasteiger partial charge in [-0.05, 0) is 31.2 Å². The van der Waals surface area contributed by atoms with Crippen LogP contribution in [0, 0.1) is 0 Å². The molecule has 28 heavy (non-hydrogen) atoms. The van der Waals surface area contributed by atoms with Gasteiger partial charge in [0.05, 0.1) is 22.0 Å². The highest BCUT2D eigenvalue weighted by atomic mass is 32.2. The molecule has 0 aliphatic heterocycles. The van der Waals surface area contributed by atoms with E-state index in [1.54, 1.807) is 23.3 Å². The first kappa shape index (κ1) is 18.6. The van der Waals surface area contributed by atoms with Gasteiger partial charge in [-0.2, -0.15) is 0 Å². The standard InChI is InChI=1S/C20H18N4O2S2/c1-13(19-21-15-10-6-7-11-16(15)28-19)24(2)17(25)12-27-20-23-22-18(26-20)14-8-4-3-5-9-14/h3-11,13H,12H2,1-2H3/t13-/m1/s1. The zero-order valence-corrected chi connectivity index (χ0v) is 17.0. The molecule has 2 heterocycles. The fourth-order valence-corrected chi connectivity index (χ4v) is 4.39. The topological polar surface area (TPSA) is 72.1 Å². The third-order valence-electron chi connectivity index (χ3n) is 4.39. The number of nitrogens with zero attached hydrogens (tertiary/aromatic N) is 4. The number of hydrogen-bond acceptors (Lipinski definition) is 7. The fourth-order valence-electron chi connectivity index (χ4n) is 2.64. The Hall–Kier alpha value is -2.71. The van der Waals surface area contributed by atoms with E-state index in [0.29, 0.717) is 11.1 Å². The molecule has 0 fully saturated rings. The molecule has 0 saturated carbocycles. The maximum absolute atomic E-state index is 12.6. The number of aromatic nitrogens is 3. The number of carbonyl (C=O) groups excluding carboxylic acids is 1. The molecular weight excluding hydrogens is 392 g/mol. The lowest BCUT2D eigenvalue weighted by Crippen LogP contribution is -2.31. The number of carbonyl (C=O) groups is 1. The third-order valence-corrected chi connectivity index (χ3v) is 6.40. The van der Waals surface area contributed by atoms with Crippen molar-refractivity contribution in [1.29, 1.82) is 0 Å². The van der Waals surface area contributed by atoms with Gasteiger partial charge in [-0.3, -0.25) is 4.79 Å². The second kappa shape index (κ2) is 8.12. The van der Waals surface area contributed by atoms with Crippen LogP contribution in [-0.2, 0) is 4.79 Å². The molecule has 1 amide bonds. The molecule has 6 nitrogen and oxygen atoms in total. The highest BCUT2D eigenvalue weighted by Crippen LogP contribution is 2.29. The number of thiazole rings is 1. The summed E-state index contributed by atoms with van der Waals surface area (Å²) in [5.41, 5.74) is 1.82. The molecule has 1 atom stereocenters. The van der Waals surface area contributed by atoms with E-state index in [4.69, 9.17) is 4.42 Å². The molecule has 8 heteroatoms. The molecular formula is C20H18N4O2S2. The molecule has 2 aromatic heterocycles. The second-order valence-corrected chi connectivity index (χ2v) is 8.22. The quantitative estimate of drug-likeness (QED) is 0.431. The fraction of sp³-hybridized carbons (Fsp3) is 0.200. The van der Waals surface area contributed by atoms with E-state index < -0.39 is 0 Å². The Labute approximate surface area is 170 Å². The summed E-state index contributed by atoms with van der Waals surface area (Å²) >= 11 is 2.86. The molecule has 142 valence electrons. The molecule has 0 aliphatic carbocycles. The highest BCUT2D eigenvalue weighted by Gasteiger charge is 2.21. The summed E-state index contributed by atoms with van der Waals surface area (Å²) in [5, 5.41) is 9.37. The number of rotatable bonds is 6. The molecule has 0 spiro atoms. The summed E-state index contributed by atoms with van der Waals surface area (Å²) in [6, 6.07) is 17.4. The number of fused-ring (bicyclic) bond motifs is 1. The van der Waals surface area contributed by atoms with Gasteiger partial charge in [0.25, 0.3) is 5.22 Å². The van der Waals surface area contributed by atoms with Gasteiger partial charge < -0.3 is 9.32 Å². The van der Waals surface area contributed by atoms with E-state index in [0.717, 1.165) is 20.8 Å². The third kappa shape index (κ3) is 3.93. The van der Waals surface area contributed by atoms with Gasteiger partial charge in [0.2, 0.25) is 11.8 Å². The van der Waals surface area contributed by atoms with Gasteiger partial charge in [0.15, 0.2) is 0 Å². The lowest BCUT2D eigenvalue weighted by Gasteiger charge is -2.22. The lowest BCUT2D eigenvalue weighted by molar-refractivity contribution is -0.128. The van der Waals surface area contributed by atoms with Crippen LogP contribution in [-0.4, -0.2) is 38.8 Å². The van der Waals surface area contributed by atoms with Crippen LogP contribution >= 0.6 is 23.1 Å². The van der Waals surface area contributed by atoms with Crippen molar-refractivity contribution in [1.82, 2.24) is 20.1 Å². The second-order valence-electron chi connectivity index (χ2n) is 6.23. The van der Waals surface area contributed by atoms with Gasteiger partial charge in [-0.15, -0.1) is 21.5 Å². The SMILES string of the molecule is C[C@H](c1nc2ccccc2s1)N(C)C(=O)CSc1nnc(-c2ccccc2)o1. The first-order valence-corrected chi connectivity index (χ1v) is 10.5. The lowest BCUT2D eigenvalue weighted by atomic mass is 10.2. The van der Waals surface area contributed by atoms with Crippen molar-refractivity contribution in [3.8, 4) is 11.5 Å². The van der Waals surface area contributed by atoms with E-state index in [9.17, 15) is 4.79 Å². The van der Waals surface area contributed by atoms with Crippen LogP contribution in [0.3, 0.4) is 0 Å². The number of para-hydroxylation sites is 1. The molecule has 4 aromatic rings. The van der Waals surface area contributed by atoms with E-state index in [1.165, 1.54) is 11.8 Å². The Morgan fingerprint density at radius 3 is 2.68 bits per heavy atom. The number of benzene rings is 2. The van der Waals surface area contributed by atoms with Crippen LogP contribution < -0.4 is 0 Å². The van der Waals surface area contributed by atoms with Gasteiger partial charge in [-0.1, -0.05) is 42.1 Å². The Kier molecular flexibility index (Phi) is 5.40. The Balaban J connectivity index is 1.38. The molecule has 0 saturated heterocycles. The Bertz CT molecular complexity index is 1060. The maximum Gasteiger partial charge on any atom is 0.277 e. The first-order chi connectivity index (χ1) is 13.6. The summed E-state index contributed by atoms with van der Waals surface area (Å²) in [6.07, 6.45) is 0. The summed E-state index contributed by atoms with van der Waals surface area (Å²) in [6.45, 7) is 1.99. The first-order valence-electron chi connectivity index (χ1n) is 8.74. The molecule has 0 N–H and O–H groups in total. The molecule has 0 unspecified atom stereocenters. The Morgan fingerprint density at radius 2 is 1.89 bits per heavy atom. The summed E-state index contributed by atoms with van der Waals surface area (Å²) in [5.74, 6) is 0.658. The van der Waals surface area contributed by atoms with Crippen molar-refractivity contribution < 1.29 is 9.21 Å². The summed E-state index contributed by atoms with van der Waals surface area (Å²) in [7, 11) is 1.79. The van der Waals surface area contributed by atoms with Crippen LogP contribution in [0.4, 0.5) is 0 Å². The maximum atomic E-state index is 12.6. The molecule has 0 bridgehead atoms. The van der Waals surface area contributed by atoms with E-state index >= 15 is 0 Å². The van der Waals surface area contributed by atoms with E-state index in [1.807, 2.05) is 61.5 Å². The van der Waals surface area contributed by atoms with Crippen LogP contribution in [0.5, 0.6) is 0 Å². The molecule has 0 aliphatic rings. The zero-order chi connectivity index (χ0) is 19.5. The number of thioether (sulfide) groups is 1. The van der Waals surface area contributed by atoms with Gasteiger partial charge >= 0.3 is 0 Å². The smallest absolute Gasteiger partial charge is 0.277 e. The minimum Gasteiger partial charge on any atom is -0.411 e. The highest BCUT2D eigenvalue weighted by molar-refractivity contribution is 7.99. The van der Waals surface area contributed by atoms with Crippen molar-refractivity contribution in [3.63, 3.8) is 0 Å². The van der Waals surface area contributed by atoms with Crippen LogP contribution in [0.2, 0.25) is 0 Å². The summed E-state index contributed by atoms with van der Waals surface area (Å²) in [4.78, 5) is 19.0. The van der Waals surface area contributed by atoms with Crippen molar-refractivity contribution in [3.05, 3.63) is 59.6 Å². The number of amides is 1. The zero-order valence-electron chi connectivity index (χ0n) is 15.4. The van der Waals surface area contributed by atoms with Gasteiger partial charge in [0.1, 0.15) is 5.01 Å². The number of hydrogen-bond donors (Lipinski definition) is 0. The van der Waals surface area contributed by atoms with Crippen LogP contribution in [0.1, 0.15) is 18.0 Å². The predicted molar refractivity (Wildman–Crippen MR) is 111 cm³/mol. The van der Waals surface area contributed by atoms with E-state index in [2.05, 4.69) is 15.2 Å². The van der Waals surface area contributed by atoms with Crippen molar-refractivity contribution in [2.24, 2.45) is 0 Å². The normalized spacial score (nSPS) is 12.2. The molecule has 0 radical (unpaired) electrons. The van der Waals surface area contributed by atoms with Crippen LogP contribution in [0.15, 0.2) is 64.2 Å². The largest absolute Gasteiger partial charge is 0.411 e. The van der Waals surface area contributed by atoms with Crippen molar-refractivity contribution in [2.75, 3.05) is 12.8 Å². The average Bonchev–Trinajstić information content (AvgIpc) is 3.38. The molecule has 4 rings (SSSR count). The van der Waals surface area contributed by atoms with Crippen LogP contribution in [0.25, 0.3) is 21.7 Å². The average molecular weight is 411 g/mol. The predicted octanol–water partition coefficient (Wildman–Crippen LogP) is 4.66. The minimum atomic E-state index is -0.104. The van der Waals surface area contributed by atoms with Crippen molar-refractivity contribution >= 4 is 39.2 Å².